The van der Waals surface area contributed by atoms with E-state index in [1.165, 1.54) is 23.1 Å². The molecular formula is C29H34FN3O4S. The highest BCUT2D eigenvalue weighted by Gasteiger charge is 2.33. The van der Waals surface area contributed by atoms with Gasteiger partial charge in [-0.05, 0) is 42.7 Å². The number of sulfonamides is 1. The zero-order valence-corrected chi connectivity index (χ0v) is 22.7. The number of carbonyl (C=O) groups excluding carboxylic acids is 2. The third kappa shape index (κ3) is 8.14. The van der Waals surface area contributed by atoms with Gasteiger partial charge in [0.2, 0.25) is 21.8 Å². The van der Waals surface area contributed by atoms with Gasteiger partial charge in [-0.25, -0.2) is 12.8 Å². The molecule has 9 heteroatoms. The van der Waals surface area contributed by atoms with E-state index in [4.69, 9.17) is 0 Å². The molecule has 2 atom stereocenters. The molecule has 0 radical (unpaired) electrons. The van der Waals surface area contributed by atoms with E-state index < -0.39 is 34.3 Å². The van der Waals surface area contributed by atoms with E-state index in [2.05, 4.69) is 5.32 Å². The molecule has 3 rings (SSSR count). The molecule has 7 nitrogen and oxygen atoms in total. The van der Waals surface area contributed by atoms with E-state index in [1.807, 2.05) is 74.5 Å². The minimum absolute atomic E-state index is 0.0316. The Bertz CT molecular complexity index is 1320. The smallest absolute Gasteiger partial charge is 0.244 e. The third-order valence-electron chi connectivity index (χ3n) is 6.24. The van der Waals surface area contributed by atoms with Gasteiger partial charge in [-0.3, -0.25) is 13.9 Å². The van der Waals surface area contributed by atoms with Crippen LogP contribution in [0.3, 0.4) is 0 Å². The van der Waals surface area contributed by atoms with Crippen molar-refractivity contribution >= 4 is 27.5 Å². The van der Waals surface area contributed by atoms with Crippen molar-refractivity contribution < 1.29 is 22.4 Å². The van der Waals surface area contributed by atoms with Crippen LogP contribution in [0.25, 0.3) is 0 Å². The monoisotopic (exact) mass is 539 g/mol. The first kappa shape index (κ1) is 28.8. The Morgan fingerprint density at radius 3 is 2.08 bits per heavy atom. The van der Waals surface area contributed by atoms with Gasteiger partial charge in [0.1, 0.15) is 18.4 Å². The molecule has 0 saturated carbocycles. The number of benzene rings is 3. The second-order valence-electron chi connectivity index (χ2n) is 9.28. The molecule has 3 aromatic carbocycles. The van der Waals surface area contributed by atoms with Crippen LogP contribution in [0.1, 0.15) is 31.4 Å². The Kier molecular flexibility index (Phi) is 10.0. The van der Waals surface area contributed by atoms with Crippen molar-refractivity contribution in [3.63, 3.8) is 0 Å². The Morgan fingerprint density at radius 1 is 0.921 bits per heavy atom. The summed E-state index contributed by atoms with van der Waals surface area (Å²) < 4.78 is 40.2. The molecule has 38 heavy (non-hydrogen) atoms. The summed E-state index contributed by atoms with van der Waals surface area (Å²) in [5.74, 6) is -1.53. The van der Waals surface area contributed by atoms with Crippen LogP contribution in [0.2, 0.25) is 0 Å². The highest BCUT2D eigenvalue weighted by atomic mass is 32.2. The normalized spacial score (nSPS) is 12.8. The number of halogens is 1. The van der Waals surface area contributed by atoms with Crippen molar-refractivity contribution in [2.75, 3.05) is 17.1 Å². The SMILES string of the molecule is CC[C@H](C)NC(=O)[C@@H](Cc1ccccc1)N(Cc1ccccc1)C(=O)CN(c1cccc(F)c1)S(C)(=O)=O. The lowest BCUT2D eigenvalue weighted by atomic mass is 10.0. The number of hydrogen-bond donors (Lipinski definition) is 1. The number of nitrogens with one attached hydrogen (secondary N) is 1. The van der Waals surface area contributed by atoms with E-state index in [0.29, 0.717) is 6.42 Å². The summed E-state index contributed by atoms with van der Waals surface area (Å²) in [4.78, 5) is 28.9. The van der Waals surface area contributed by atoms with Gasteiger partial charge >= 0.3 is 0 Å². The summed E-state index contributed by atoms with van der Waals surface area (Å²) in [5.41, 5.74) is 1.67. The highest BCUT2D eigenvalue weighted by molar-refractivity contribution is 7.92. The Labute approximate surface area is 224 Å². The molecule has 202 valence electrons. The molecule has 0 heterocycles. The number of rotatable bonds is 12. The number of carbonyl (C=O) groups is 2. The Hall–Kier alpha value is -3.72. The summed E-state index contributed by atoms with van der Waals surface area (Å²) >= 11 is 0. The van der Waals surface area contributed by atoms with E-state index in [9.17, 15) is 22.4 Å². The van der Waals surface area contributed by atoms with Gasteiger partial charge in [-0.15, -0.1) is 0 Å². The maximum atomic E-state index is 14.0. The summed E-state index contributed by atoms with van der Waals surface area (Å²) in [6, 6.07) is 22.6. The van der Waals surface area contributed by atoms with Crippen LogP contribution in [-0.4, -0.2) is 50.0 Å². The molecule has 0 saturated heterocycles. The van der Waals surface area contributed by atoms with E-state index in [1.54, 1.807) is 0 Å². The molecule has 0 aliphatic heterocycles. The quantitative estimate of drug-likeness (QED) is 0.375. The van der Waals surface area contributed by atoms with Crippen molar-refractivity contribution in [2.45, 2.75) is 45.3 Å². The molecule has 3 aromatic rings. The average Bonchev–Trinajstić information content (AvgIpc) is 2.89. The lowest BCUT2D eigenvalue weighted by Crippen LogP contribution is -2.54. The lowest BCUT2D eigenvalue weighted by Gasteiger charge is -2.34. The van der Waals surface area contributed by atoms with Crippen LogP contribution in [0.4, 0.5) is 10.1 Å². The van der Waals surface area contributed by atoms with Gasteiger partial charge < -0.3 is 10.2 Å². The van der Waals surface area contributed by atoms with Crippen LogP contribution in [0.5, 0.6) is 0 Å². The summed E-state index contributed by atoms with van der Waals surface area (Å²) in [7, 11) is -3.95. The number of nitrogens with zero attached hydrogens (tertiary/aromatic N) is 2. The molecule has 0 unspecified atom stereocenters. The summed E-state index contributed by atoms with van der Waals surface area (Å²) in [5, 5.41) is 2.98. The maximum absolute atomic E-state index is 14.0. The second-order valence-corrected chi connectivity index (χ2v) is 11.2. The van der Waals surface area contributed by atoms with Crippen LogP contribution in [0.15, 0.2) is 84.9 Å². The third-order valence-corrected chi connectivity index (χ3v) is 7.38. The molecular weight excluding hydrogens is 505 g/mol. The van der Waals surface area contributed by atoms with Gasteiger partial charge in [0.05, 0.1) is 11.9 Å². The standard InChI is InChI=1S/C29H34FN3O4S/c1-4-22(2)31-29(35)27(18-23-12-7-5-8-13-23)32(20-24-14-9-6-10-15-24)28(34)21-33(38(3,36)37)26-17-11-16-25(30)19-26/h5-17,19,22,27H,4,18,20-21H2,1-3H3,(H,31,35)/t22-,27+/m0/s1. The van der Waals surface area contributed by atoms with Crippen LogP contribution < -0.4 is 9.62 Å². The van der Waals surface area contributed by atoms with Crippen molar-refractivity contribution in [3.8, 4) is 0 Å². The van der Waals surface area contributed by atoms with Crippen LogP contribution in [-0.2, 0) is 32.6 Å². The fraction of sp³-hybridized carbons (Fsp3) is 0.310. The zero-order chi connectivity index (χ0) is 27.7. The highest BCUT2D eigenvalue weighted by Crippen LogP contribution is 2.21. The molecule has 0 bridgehead atoms. The maximum Gasteiger partial charge on any atom is 0.244 e. The summed E-state index contributed by atoms with van der Waals surface area (Å²) in [6.07, 6.45) is 1.90. The molecule has 0 aromatic heterocycles. The minimum atomic E-state index is -3.95. The van der Waals surface area contributed by atoms with Crippen molar-refractivity contribution in [3.05, 3.63) is 102 Å². The fourth-order valence-electron chi connectivity index (χ4n) is 4.02. The Balaban J connectivity index is 2.04. The molecule has 0 aliphatic rings. The van der Waals surface area contributed by atoms with Gasteiger partial charge in [-0.1, -0.05) is 73.7 Å². The molecule has 2 amide bonds. The number of anilines is 1. The van der Waals surface area contributed by atoms with E-state index in [0.717, 1.165) is 27.8 Å². The second kappa shape index (κ2) is 13.2. The minimum Gasteiger partial charge on any atom is -0.352 e. The Morgan fingerprint density at radius 2 is 1.53 bits per heavy atom. The molecule has 0 spiro atoms. The van der Waals surface area contributed by atoms with Gasteiger partial charge in [0.25, 0.3) is 0 Å². The lowest BCUT2D eigenvalue weighted by molar-refractivity contribution is -0.140. The predicted octanol–water partition coefficient (Wildman–Crippen LogP) is 4.15. The van der Waals surface area contributed by atoms with Crippen molar-refractivity contribution in [1.82, 2.24) is 10.2 Å². The first-order valence-corrected chi connectivity index (χ1v) is 14.3. The largest absolute Gasteiger partial charge is 0.352 e. The number of hydrogen-bond acceptors (Lipinski definition) is 4. The van der Waals surface area contributed by atoms with Gasteiger partial charge in [0, 0.05) is 19.0 Å². The van der Waals surface area contributed by atoms with Gasteiger partial charge in [-0.2, -0.15) is 0 Å². The molecule has 1 N–H and O–H groups in total. The fourth-order valence-corrected chi connectivity index (χ4v) is 4.86. The first-order valence-electron chi connectivity index (χ1n) is 12.5. The molecule has 0 aliphatic carbocycles. The van der Waals surface area contributed by atoms with Crippen LogP contribution in [0, 0.1) is 5.82 Å². The van der Waals surface area contributed by atoms with Crippen molar-refractivity contribution in [1.29, 1.82) is 0 Å². The van der Waals surface area contributed by atoms with Gasteiger partial charge in [0.15, 0.2) is 0 Å². The van der Waals surface area contributed by atoms with Crippen LogP contribution >= 0.6 is 0 Å². The van der Waals surface area contributed by atoms with E-state index in [-0.39, 0.29) is 30.6 Å². The topological polar surface area (TPSA) is 86.8 Å². The van der Waals surface area contributed by atoms with E-state index >= 15 is 0 Å². The first-order chi connectivity index (χ1) is 18.1. The van der Waals surface area contributed by atoms with Crippen molar-refractivity contribution in [2.24, 2.45) is 0 Å². The summed E-state index contributed by atoms with van der Waals surface area (Å²) in [6.45, 7) is 3.34. The predicted molar refractivity (Wildman–Crippen MR) is 147 cm³/mol. The average molecular weight is 540 g/mol. The zero-order valence-electron chi connectivity index (χ0n) is 21.9. The number of amides is 2. The molecule has 0 fully saturated rings.